The summed E-state index contributed by atoms with van der Waals surface area (Å²) in [6.45, 7) is 46.7. The molecular weight excluding hydrogens is 905 g/mol. The topological polar surface area (TPSA) is 40.5 Å². The fraction of sp³-hybridized carbons (Fsp3) is 0.519. The van der Waals surface area contributed by atoms with Crippen molar-refractivity contribution in [2.75, 3.05) is 0 Å². The first-order valence-corrected chi connectivity index (χ1v) is 45.3. The van der Waals surface area contributed by atoms with Crippen LogP contribution in [0.1, 0.15) is 113 Å². The summed E-state index contributed by atoms with van der Waals surface area (Å²) in [5.74, 6) is 3.50. The van der Waals surface area contributed by atoms with Crippen LogP contribution in [0.3, 0.4) is 0 Å². The molecule has 1 fully saturated rings. The van der Waals surface area contributed by atoms with Gasteiger partial charge in [-0.1, -0.05) is 12.1 Å². The third kappa shape index (κ3) is 14.0. The van der Waals surface area contributed by atoms with E-state index in [2.05, 4.69) is 145 Å². The van der Waals surface area contributed by atoms with Crippen molar-refractivity contribution in [1.82, 2.24) is 0 Å². The molecule has 1 aliphatic carbocycles. The zero-order valence-electron chi connectivity index (χ0n) is 42.5. The van der Waals surface area contributed by atoms with Gasteiger partial charge in [-0.25, -0.2) is 0 Å². The van der Waals surface area contributed by atoms with Crippen LogP contribution in [0.2, 0.25) is 65.5 Å². The summed E-state index contributed by atoms with van der Waals surface area (Å²) in [4.78, 5) is 0. The molecule has 1 aliphatic heterocycles. The maximum Gasteiger partial charge on any atom is -0.0866 e. The van der Waals surface area contributed by atoms with E-state index in [1.54, 1.807) is 0 Å². The summed E-state index contributed by atoms with van der Waals surface area (Å²) >= 11 is -0.254. The average Bonchev–Trinajstić information content (AvgIpc) is 3.45. The molecule has 4 aromatic rings. The molecule has 0 radical (unpaired) electrons. The van der Waals surface area contributed by atoms with E-state index >= 15 is 0 Å². The zero-order valence-corrected chi connectivity index (χ0v) is 49.7. The quantitative estimate of drug-likeness (QED) is 0.136. The van der Waals surface area contributed by atoms with Crippen LogP contribution >= 0.6 is 15.9 Å². The molecule has 4 aromatic carbocycles. The summed E-state index contributed by atoms with van der Waals surface area (Å²) in [7, 11) is -5.89. The molecule has 1 heterocycles. The molecule has 1 saturated carbocycles. The predicted octanol–water partition coefficient (Wildman–Crippen LogP) is 15.3. The van der Waals surface area contributed by atoms with E-state index in [0.717, 1.165) is 33.1 Å². The molecule has 9 heteroatoms. The minimum Gasteiger partial charge on any atom is -0.199 e. The maximum atomic E-state index is 12.2. The Hall–Kier alpha value is -1.50. The summed E-state index contributed by atoms with van der Waals surface area (Å²) < 4.78 is 0. The van der Waals surface area contributed by atoms with Crippen molar-refractivity contribution in [1.29, 1.82) is 0 Å². The molecule has 0 spiro atoms. The van der Waals surface area contributed by atoms with E-state index in [4.69, 9.17) is 0 Å². The van der Waals surface area contributed by atoms with Crippen LogP contribution in [-0.2, 0) is 37.8 Å². The van der Waals surface area contributed by atoms with Gasteiger partial charge in [0.2, 0.25) is 0 Å². The molecule has 0 bridgehead atoms. The molecule has 63 heavy (non-hydrogen) atoms. The molecule has 0 saturated heterocycles. The summed E-state index contributed by atoms with van der Waals surface area (Å²) in [5.41, 5.74) is 7.62. The Morgan fingerprint density at radius 1 is 0.524 bits per heavy atom. The predicted molar refractivity (Wildman–Crippen MR) is 294 cm³/mol. The fourth-order valence-corrected chi connectivity index (χ4v) is 39.1. The molecule has 2 N–H and O–H groups in total. The number of benzene rings is 4. The molecule has 2 aliphatic rings. The van der Waals surface area contributed by atoms with Crippen molar-refractivity contribution in [3.63, 3.8) is 0 Å². The summed E-state index contributed by atoms with van der Waals surface area (Å²) in [6.07, 6.45) is 8.25. The monoisotopic (exact) mass is 990 g/mol. The van der Waals surface area contributed by atoms with Crippen molar-refractivity contribution >= 4 is 56.7 Å². The molecule has 4 atom stereocenters. The molecular formula is C54H86O2S2Si4Ti-2. The van der Waals surface area contributed by atoms with Crippen LogP contribution in [0.5, 0.6) is 11.5 Å². The number of fused-ring (bicyclic) bond motifs is 1. The van der Waals surface area contributed by atoms with E-state index in [1.807, 2.05) is 60.7 Å². The van der Waals surface area contributed by atoms with Gasteiger partial charge in [-0.3, -0.25) is 0 Å². The Labute approximate surface area is 401 Å². The fourth-order valence-electron chi connectivity index (χ4n) is 8.13. The van der Waals surface area contributed by atoms with Crippen LogP contribution < -0.4 is 10.4 Å². The van der Waals surface area contributed by atoms with Crippen LogP contribution in [0.4, 0.5) is 0 Å². The molecule has 6 rings (SSSR count). The van der Waals surface area contributed by atoms with Gasteiger partial charge in [0, 0.05) is 0 Å². The zero-order chi connectivity index (χ0) is 47.3. The van der Waals surface area contributed by atoms with E-state index < -0.39 is 30.4 Å². The van der Waals surface area contributed by atoms with Gasteiger partial charge in [0.1, 0.15) is 0 Å². The van der Waals surface area contributed by atoms with Gasteiger partial charge < -0.3 is 0 Å². The van der Waals surface area contributed by atoms with Gasteiger partial charge in [-0.15, -0.1) is 24.3 Å². The van der Waals surface area contributed by atoms with Crippen LogP contribution in [0, 0.1) is 13.8 Å². The maximum absolute atomic E-state index is 12.2. The standard InChI is InChI=1S/C40H72O2S2Si4.2C7H7.Ti/c1-39(2,3)31-23-29(37(41)35(25-31)47(13,14)45(7,8)9)27-43-33-21-19-17-18-20-22-34(33)44-28-30-24-32(40(4,5)6)26-36(38(30)42)48(15,16)46(10,11)12;2*1-7-5-3-2-4-6-7;/h23-26,33-34,41-42H,17-22,27-28H2,1-16H3;2*2-6H,1H2;/q;2*-1;/t33-,34?;;;/m0.../s1. The van der Waals surface area contributed by atoms with Crippen LogP contribution in [-0.4, -0.2) is 51.1 Å². The van der Waals surface area contributed by atoms with E-state index in [1.165, 1.54) is 71.2 Å². The van der Waals surface area contributed by atoms with Crippen molar-refractivity contribution < 1.29 is 25.7 Å². The van der Waals surface area contributed by atoms with E-state index in [-0.39, 0.29) is 26.3 Å². The number of aromatic hydroxyl groups is 2. The van der Waals surface area contributed by atoms with Crippen molar-refractivity contribution in [3.05, 3.63) is 132 Å². The number of phenols is 2. The van der Waals surface area contributed by atoms with Crippen molar-refractivity contribution in [3.8, 4) is 11.5 Å². The van der Waals surface area contributed by atoms with Crippen LogP contribution in [0.15, 0.2) is 84.9 Å². The Bertz CT molecular complexity index is 2070. The van der Waals surface area contributed by atoms with Crippen molar-refractivity contribution in [2.24, 2.45) is 0 Å². The minimum absolute atomic E-state index is 0.0591. The average molecular weight is 992 g/mol. The largest absolute Gasteiger partial charge is 0.199 e. The normalized spacial score (nSPS) is 19.7. The Morgan fingerprint density at radius 2 is 0.841 bits per heavy atom. The van der Waals surface area contributed by atoms with E-state index in [0.29, 0.717) is 27.4 Å². The van der Waals surface area contributed by atoms with Crippen molar-refractivity contribution in [2.45, 2.75) is 178 Å². The Kier molecular flexibility index (Phi) is 18.6. The van der Waals surface area contributed by atoms with E-state index in [9.17, 15) is 10.2 Å². The number of phenolic OH excluding ortho intramolecular Hbond substituents is 2. The first-order valence-electron chi connectivity index (χ1n) is 23.6. The second-order valence-corrected chi connectivity index (χ2v) is 68.1. The second kappa shape index (κ2) is 21.6. The minimum atomic E-state index is -1.82. The SMILES string of the molecule is CC(C)(C)c1cc(C[S]2=[Ti]=[S@@](Cc3cc(C(C)(C)C)cc([Si](C)(C)[Si](C)(C)C)c3O)C3CCCCCC[C@@H]32)c(O)c([Si](C)(C)[Si](C)(C)C)c1.[CH2-]c1ccccc1.[CH2-]c1ccccc1. The van der Waals surface area contributed by atoms with Gasteiger partial charge in [-0.2, -0.15) is 49.2 Å². The number of hydrogen-bond acceptors (Lipinski definition) is 2. The molecule has 0 aromatic heterocycles. The summed E-state index contributed by atoms with van der Waals surface area (Å²) in [5, 5.41) is 28.7. The number of hydrogen-bond donors (Lipinski definition) is 2. The Morgan fingerprint density at radius 3 is 1.10 bits per heavy atom. The summed E-state index contributed by atoms with van der Waals surface area (Å²) in [6, 6.07) is 29.4. The second-order valence-electron chi connectivity index (χ2n) is 23.6. The van der Waals surface area contributed by atoms with Gasteiger partial charge in [0.25, 0.3) is 0 Å². The smallest absolute Gasteiger partial charge is 0.0866 e. The molecule has 0 amide bonds. The number of rotatable bonds is 8. The van der Waals surface area contributed by atoms with Gasteiger partial charge >= 0.3 is 319 Å². The molecule has 2 unspecified atom stereocenters. The molecule has 348 valence electrons. The third-order valence-electron chi connectivity index (χ3n) is 14.6. The first-order chi connectivity index (χ1) is 29.0. The van der Waals surface area contributed by atoms with Gasteiger partial charge in [0.05, 0.1) is 0 Å². The van der Waals surface area contributed by atoms with Crippen LogP contribution in [0.25, 0.3) is 0 Å². The third-order valence-corrected chi connectivity index (χ3v) is 65.6. The molecule has 2 nitrogen and oxygen atoms in total. The van der Waals surface area contributed by atoms with Gasteiger partial charge in [0.15, 0.2) is 0 Å². The van der Waals surface area contributed by atoms with Gasteiger partial charge in [-0.05, 0) is 0 Å². The first kappa shape index (κ1) is 54.1. The Balaban J connectivity index is 0.000000523.